The minimum absolute atomic E-state index is 0.353. The maximum atomic E-state index is 11.8. The fourth-order valence-corrected chi connectivity index (χ4v) is 3.04. The molecule has 0 aliphatic rings. The van der Waals surface area contributed by atoms with Crippen LogP contribution in [-0.4, -0.2) is 42.9 Å². The summed E-state index contributed by atoms with van der Waals surface area (Å²) in [5.41, 5.74) is 5.53. The van der Waals surface area contributed by atoms with E-state index in [1.165, 1.54) is 6.21 Å². The van der Waals surface area contributed by atoms with E-state index in [0.717, 1.165) is 22.6 Å². The molecular formula is C19H22Cl2N4O3. The third-order valence-electron chi connectivity index (χ3n) is 4.03. The van der Waals surface area contributed by atoms with Crippen molar-refractivity contribution in [3.05, 3.63) is 51.3 Å². The molecule has 0 aliphatic carbocycles. The third-order valence-corrected chi connectivity index (χ3v) is 4.84. The summed E-state index contributed by atoms with van der Waals surface area (Å²) in [4.78, 5) is 23.4. The van der Waals surface area contributed by atoms with E-state index in [9.17, 15) is 9.59 Å². The fraction of sp³-hybridized carbons (Fsp3) is 0.316. The van der Waals surface area contributed by atoms with Crippen LogP contribution in [0.5, 0.6) is 0 Å². The Morgan fingerprint density at radius 3 is 2.71 bits per heavy atom. The Labute approximate surface area is 173 Å². The second-order valence-electron chi connectivity index (χ2n) is 6.04. The highest BCUT2D eigenvalue weighted by molar-refractivity contribution is 6.43. The van der Waals surface area contributed by atoms with Crippen LogP contribution in [0.4, 0.5) is 0 Å². The van der Waals surface area contributed by atoms with E-state index in [-0.39, 0.29) is 0 Å². The highest BCUT2D eigenvalue weighted by Gasteiger charge is 2.14. The second-order valence-corrected chi connectivity index (χ2v) is 6.82. The van der Waals surface area contributed by atoms with Crippen LogP contribution in [0.15, 0.2) is 29.4 Å². The first-order chi connectivity index (χ1) is 13.4. The first kappa shape index (κ1) is 21.9. The number of hydrazone groups is 1. The van der Waals surface area contributed by atoms with Crippen molar-refractivity contribution in [1.29, 1.82) is 0 Å². The number of nitrogens with one attached hydrogen (secondary N) is 2. The molecule has 1 heterocycles. The lowest BCUT2D eigenvalue weighted by Crippen LogP contribution is -2.38. The number of aryl methyl sites for hydroxylation is 1. The van der Waals surface area contributed by atoms with Gasteiger partial charge in [-0.2, -0.15) is 5.10 Å². The Hall–Kier alpha value is -2.35. The van der Waals surface area contributed by atoms with Crippen LogP contribution in [0.3, 0.4) is 0 Å². The molecule has 7 nitrogen and oxygen atoms in total. The van der Waals surface area contributed by atoms with Gasteiger partial charge in [0.05, 0.1) is 21.9 Å². The average molecular weight is 425 g/mol. The number of benzene rings is 1. The van der Waals surface area contributed by atoms with Crippen LogP contribution >= 0.6 is 23.2 Å². The normalized spacial score (nSPS) is 11.0. The molecule has 0 bridgehead atoms. The maximum absolute atomic E-state index is 11.8. The molecule has 0 saturated carbocycles. The zero-order valence-electron chi connectivity index (χ0n) is 15.9. The number of amides is 2. The quantitative estimate of drug-likeness (QED) is 0.310. The fourth-order valence-electron chi connectivity index (χ4n) is 2.66. The zero-order valence-corrected chi connectivity index (χ0v) is 17.4. The smallest absolute Gasteiger partial charge is 0.329 e. The lowest BCUT2D eigenvalue weighted by molar-refractivity contribution is -0.139. The topological polar surface area (TPSA) is 84.7 Å². The summed E-state index contributed by atoms with van der Waals surface area (Å²) >= 11 is 12.4. The van der Waals surface area contributed by atoms with Crippen LogP contribution in [-0.2, 0) is 14.3 Å². The summed E-state index contributed by atoms with van der Waals surface area (Å²) in [6.45, 7) is 4.68. The van der Waals surface area contributed by atoms with Gasteiger partial charge in [-0.1, -0.05) is 29.3 Å². The highest BCUT2D eigenvalue weighted by atomic mass is 35.5. The average Bonchev–Trinajstić information content (AvgIpc) is 2.94. The van der Waals surface area contributed by atoms with Gasteiger partial charge in [-0.3, -0.25) is 9.59 Å². The number of methoxy groups -OCH3 is 1. The number of hydrogen-bond donors (Lipinski definition) is 2. The Kier molecular flexibility index (Phi) is 8.04. The minimum Gasteiger partial charge on any atom is -0.385 e. The molecule has 0 aliphatic heterocycles. The summed E-state index contributed by atoms with van der Waals surface area (Å²) in [7, 11) is 1.57. The van der Waals surface area contributed by atoms with Crippen LogP contribution < -0.4 is 10.7 Å². The van der Waals surface area contributed by atoms with Gasteiger partial charge in [0.25, 0.3) is 0 Å². The van der Waals surface area contributed by atoms with Crippen molar-refractivity contribution in [3.8, 4) is 5.69 Å². The van der Waals surface area contributed by atoms with Gasteiger partial charge in [-0.15, -0.1) is 0 Å². The molecule has 9 heteroatoms. The van der Waals surface area contributed by atoms with Gasteiger partial charge in [0.2, 0.25) is 0 Å². The Morgan fingerprint density at radius 2 is 2.00 bits per heavy atom. The van der Waals surface area contributed by atoms with Gasteiger partial charge in [-0.25, -0.2) is 5.43 Å². The first-order valence-corrected chi connectivity index (χ1v) is 9.36. The van der Waals surface area contributed by atoms with Crippen molar-refractivity contribution < 1.29 is 14.3 Å². The molecule has 0 unspecified atom stereocenters. The highest BCUT2D eigenvalue weighted by Crippen LogP contribution is 2.31. The molecule has 2 aromatic rings. The van der Waals surface area contributed by atoms with Gasteiger partial charge >= 0.3 is 11.8 Å². The number of hydrogen-bond acceptors (Lipinski definition) is 4. The number of ether oxygens (including phenoxy) is 1. The molecule has 0 spiro atoms. The summed E-state index contributed by atoms with van der Waals surface area (Å²) in [6.07, 6.45) is 2.10. The van der Waals surface area contributed by atoms with Crippen LogP contribution in [0, 0.1) is 13.8 Å². The molecule has 2 N–H and O–H groups in total. The van der Waals surface area contributed by atoms with Gasteiger partial charge in [0.1, 0.15) is 0 Å². The van der Waals surface area contributed by atoms with Crippen LogP contribution in [0.1, 0.15) is 23.4 Å². The van der Waals surface area contributed by atoms with Crippen LogP contribution in [0.25, 0.3) is 5.69 Å². The van der Waals surface area contributed by atoms with E-state index >= 15 is 0 Å². The van der Waals surface area contributed by atoms with E-state index in [2.05, 4.69) is 15.8 Å². The van der Waals surface area contributed by atoms with Crippen molar-refractivity contribution in [2.24, 2.45) is 5.10 Å². The molecular weight excluding hydrogens is 403 g/mol. The Morgan fingerprint density at radius 1 is 1.25 bits per heavy atom. The molecule has 0 saturated heterocycles. The standard InChI is InChI=1S/C19H22Cl2N4O3/c1-12-10-14(11-23-24-19(27)18(26)22-8-5-9-28-3)13(2)25(12)16-7-4-6-15(20)17(16)21/h4,6-7,10-11H,5,8-9H2,1-3H3,(H,22,26)(H,24,27)/b23-11-. The second kappa shape index (κ2) is 10.3. The Bertz CT molecular complexity index is 894. The molecule has 2 amide bonds. The van der Waals surface area contributed by atoms with E-state index in [1.807, 2.05) is 36.6 Å². The van der Waals surface area contributed by atoms with Crippen molar-refractivity contribution >= 4 is 41.2 Å². The number of nitrogens with zero attached hydrogens (tertiary/aromatic N) is 2. The summed E-state index contributed by atoms with van der Waals surface area (Å²) in [5.74, 6) is -1.58. The zero-order chi connectivity index (χ0) is 20.7. The number of carbonyl (C=O) groups excluding carboxylic acids is 2. The predicted octanol–water partition coefficient (Wildman–Crippen LogP) is 3.00. The molecule has 0 fully saturated rings. The summed E-state index contributed by atoms with van der Waals surface area (Å²) in [5, 5.41) is 7.28. The van der Waals surface area contributed by atoms with E-state index in [1.54, 1.807) is 13.2 Å². The summed E-state index contributed by atoms with van der Waals surface area (Å²) < 4.78 is 6.82. The SMILES string of the molecule is COCCCNC(=O)C(=O)N/N=C\c1cc(C)n(-c2cccc(Cl)c2Cl)c1C. The van der Waals surface area contributed by atoms with E-state index < -0.39 is 11.8 Å². The monoisotopic (exact) mass is 424 g/mol. The molecule has 1 aromatic carbocycles. The minimum atomic E-state index is -0.833. The van der Waals surface area contributed by atoms with Crippen molar-refractivity contribution in [2.45, 2.75) is 20.3 Å². The maximum Gasteiger partial charge on any atom is 0.329 e. The molecule has 1 aromatic heterocycles. The molecule has 150 valence electrons. The van der Waals surface area contributed by atoms with Crippen LogP contribution in [0.2, 0.25) is 10.0 Å². The van der Waals surface area contributed by atoms with Gasteiger partial charge in [0, 0.05) is 37.2 Å². The summed E-state index contributed by atoms with van der Waals surface area (Å²) in [6, 6.07) is 7.30. The van der Waals surface area contributed by atoms with Crippen molar-refractivity contribution in [3.63, 3.8) is 0 Å². The van der Waals surface area contributed by atoms with E-state index in [0.29, 0.717) is 29.6 Å². The number of aromatic nitrogens is 1. The largest absolute Gasteiger partial charge is 0.385 e. The molecule has 0 atom stereocenters. The number of halogens is 2. The molecule has 0 radical (unpaired) electrons. The Balaban J connectivity index is 2.06. The third kappa shape index (κ3) is 5.34. The van der Waals surface area contributed by atoms with Crippen molar-refractivity contribution in [1.82, 2.24) is 15.3 Å². The molecule has 28 heavy (non-hydrogen) atoms. The van der Waals surface area contributed by atoms with Crippen molar-refractivity contribution in [2.75, 3.05) is 20.3 Å². The number of carbonyl (C=O) groups is 2. The van der Waals surface area contributed by atoms with Gasteiger partial charge < -0.3 is 14.6 Å². The van der Waals surface area contributed by atoms with Gasteiger partial charge in [-0.05, 0) is 38.5 Å². The van der Waals surface area contributed by atoms with E-state index in [4.69, 9.17) is 27.9 Å². The molecule has 2 rings (SSSR count). The lowest BCUT2D eigenvalue weighted by atomic mass is 10.2. The first-order valence-electron chi connectivity index (χ1n) is 8.60. The predicted molar refractivity (Wildman–Crippen MR) is 111 cm³/mol. The lowest BCUT2D eigenvalue weighted by Gasteiger charge is -2.12. The van der Waals surface area contributed by atoms with Gasteiger partial charge in [0.15, 0.2) is 0 Å². The number of rotatable bonds is 7.